The van der Waals surface area contributed by atoms with Crippen molar-refractivity contribution in [1.82, 2.24) is 4.57 Å². The summed E-state index contributed by atoms with van der Waals surface area (Å²) in [6.45, 7) is 2.05. The Bertz CT molecular complexity index is 1340. The summed E-state index contributed by atoms with van der Waals surface area (Å²) in [5.41, 5.74) is 0.607. The van der Waals surface area contributed by atoms with Crippen molar-refractivity contribution in [1.29, 1.82) is 5.26 Å². The van der Waals surface area contributed by atoms with Gasteiger partial charge < -0.3 is 19.4 Å². The molecule has 0 aliphatic heterocycles. The monoisotopic (exact) mass is 477 g/mol. The van der Waals surface area contributed by atoms with Crippen molar-refractivity contribution in [3.8, 4) is 11.8 Å². The first-order chi connectivity index (χ1) is 16.8. The number of nitrogens with zero attached hydrogens (tertiary/aromatic N) is 2. The maximum absolute atomic E-state index is 14.0. The fourth-order valence-electron chi connectivity index (χ4n) is 3.39. The van der Waals surface area contributed by atoms with Gasteiger partial charge in [-0.1, -0.05) is 18.2 Å². The molecule has 0 bridgehead atoms. The zero-order chi connectivity index (χ0) is 25.4. The fourth-order valence-corrected chi connectivity index (χ4v) is 3.39. The van der Waals surface area contributed by atoms with Gasteiger partial charge in [0.25, 0.3) is 11.5 Å². The van der Waals surface area contributed by atoms with Gasteiger partial charge in [-0.05, 0) is 49.2 Å². The molecule has 0 saturated heterocycles. The van der Waals surface area contributed by atoms with Crippen molar-refractivity contribution in [2.24, 2.45) is 0 Å². The molecule has 1 heterocycles. The van der Waals surface area contributed by atoms with Crippen LogP contribution in [0.3, 0.4) is 0 Å². The van der Waals surface area contributed by atoms with E-state index in [0.29, 0.717) is 18.7 Å². The molecule has 35 heavy (non-hydrogen) atoms. The molecule has 9 heteroatoms. The van der Waals surface area contributed by atoms with Gasteiger partial charge in [0.05, 0.1) is 5.56 Å². The molecular weight excluding hydrogens is 453 g/mol. The van der Waals surface area contributed by atoms with Crippen molar-refractivity contribution in [2.75, 3.05) is 25.6 Å². The molecule has 8 nitrogen and oxygen atoms in total. The van der Waals surface area contributed by atoms with E-state index in [4.69, 9.17) is 9.47 Å². The van der Waals surface area contributed by atoms with Crippen molar-refractivity contribution in [3.63, 3.8) is 0 Å². The summed E-state index contributed by atoms with van der Waals surface area (Å²) in [5, 5.41) is 12.1. The highest BCUT2D eigenvalue weighted by Crippen LogP contribution is 2.23. The first kappa shape index (κ1) is 25.3. The lowest BCUT2D eigenvalue weighted by Gasteiger charge is -2.13. The normalized spacial score (nSPS) is 10.5. The van der Waals surface area contributed by atoms with E-state index < -0.39 is 29.7 Å². The molecule has 0 unspecified atom stereocenters. The predicted octanol–water partition coefficient (Wildman–Crippen LogP) is 3.45. The molecule has 3 rings (SSSR count). The van der Waals surface area contributed by atoms with Crippen LogP contribution in [0.25, 0.3) is 0 Å². The average molecular weight is 477 g/mol. The number of amides is 1. The summed E-state index contributed by atoms with van der Waals surface area (Å²) in [4.78, 5) is 38.1. The Kier molecular flexibility index (Phi) is 8.48. The second kappa shape index (κ2) is 11.7. The van der Waals surface area contributed by atoms with Crippen LogP contribution in [0.5, 0.6) is 5.75 Å². The minimum atomic E-state index is -0.681. The van der Waals surface area contributed by atoms with Crippen LogP contribution in [-0.2, 0) is 16.1 Å². The molecule has 0 saturated carbocycles. The molecule has 1 N–H and O–H groups in total. The van der Waals surface area contributed by atoms with E-state index in [1.54, 1.807) is 18.2 Å². The Labute approximate surface area is 201 Å². The van der Waals surface area contributed by atoms with Gasteiger partial charge in [-0.2, -0.15) is 5.26 Å². The number of methoxy groups -OCH3 is 1. The van der Waals surface area contributed by atoms with Crippen molar-refractivity contribution in [2.45, 2.75) is 19.9 Å². The first-order valence-electron chi connectivity index (χ1n) is 10.8. The second-order valence-corrected chi connectivity index (χ2v) is 7.72. The number of carbonyl (C=O) groups excluding carboxylic acids is 2. The largest absolute Gasteiger partial charge is 0.483 e. The number of benzene rings is 2. The topological polar surface area (TPSA) is 110 Å². The number of aromatic nitrogens is 1. The number of carbonyl (C=O) groups is 2. The molecule has 180 valence electrons. The number of nitriles is 1. The summed E-state index contributed by atoms with van der Waals surface area (Å²) in [5.74, 6) is -1.80. The zero-order valence-corrected chi connectivity index (χ0v) is 19.3. The van der Waals surface area contributed by atoms with Gasteiger partial charge in [0.1, 0.15) is 23.2 Å². The highest BCUT2D eigenvalue weighted by atomic mass is 19.1. The molecule has 0 radical (unpaired) electrons. The summed E-state index contributed by atoms with van der Waals surface area (Å²) >= 11 is 0. The Morgan fingerprint density at radius 2 is 1.94 bits per heavy atom. The number of nitrogens with one attached hydrogen (secondary N) is 1. The van der Waals surface area contributed by atoms with Crippen molar-refractivity contribution < 1.29 is 23.5 Å². The number of ether oxygens (including phenoxy) is 2. The second-order valence-electron chi connectivity index (χ2n) is 7.72. The van der Waals surface area contributed by atoms with Gasteiger partial charge in [-0.25, -0.2) is 4.39 Å². The van der Waals surface area contributed by atoms with E-state index >= 15 is 0 Å². The van der Waals surface area contributed by atoms with E-state index in [0.717, 1.165) is 23.8 Å². The third-order valence-corrected chi connectivity index (χ3v) is 5.18. The van der Waals surface area contributed by atoms with E-state index in [-0.39, 0.29) is 29.0 Å². The fraction of sp³-hybridized carbons (Fsp3) is 0.231. The number of pyridine rings is 1. The van der Waals surface area contributed by atoms with Crippen LogP contribution in [-0.4, -0.2) is 36.6 Å². The van der Waals surface area contributed by atoms with E-state index in [1.807, 2.05) is 19.1 Å². The van der Waals surface area contributed by atoms with Crippen LogP contribution in [0.15, 0.2) is 59.5 Å². The molecule has 0 aliphatic carbocycles. The maximum Gasteiger partial charge on any atom is 0.268 e. The molecule has 0 aliphatic rings. The number of rotatable bonds is 10. The van der Waals surface area contributed by atoms with Crippen LogP contribution in [0, 0.1) is 24.1 Å². The predicted molar refractivity (Wildman–Crippen MR) is 127 cm³/mol. The van der Waals surface area contributed by atoms with E-state index in [9.17, 15) is 24.0 Å². The van der Waals surface area contributed by atoms with Gasteiger partial charge in [0, 0.05) is 37.7 Å². The smallest absolute Gasteiger partial charge is 0.268 e. The molecule has 0 atom stereocenters. The maximum atomic E-state index is 14.0. The Morgan fingerprint density at radius 1 is 1.17 bits per heavy atom. The number of para-hydroxylation sites is 1. The van der Waals surface area contributed by atoms with Crippen LogP contribution in [0.4, 0.5) is 10.1 Å². The van der Waals surface area contributed by atoms with Crippen LogP contribution in [0.1, 0.15) is 33.5 Å². The number of aryl methyl sites for hydroxylation is 2. The molecule has 0 fully saturated rings. The molecule has 0 spiro atoms. The minimum absolute atomic E-state index is 0.00743. The summed E-state index contributed by atoms with van der Waals surface area (Å²) in [7, 11) is 1.52. The Hall–Kier alpha value is -4.29. The number of halogens is 1. The first-order valence-corrected chi connectivity index (χ1v) is 10.8. The number of ketones is 1. The van der Waals surface area contributed by atoms with Gasteiger partial charge in [-0.15, -0.1) is 0 Å². The SMILES string of the molecule is COCCCn1cc(C(=O)c2cc(F)ccc2OCC(=O)Nc2ccccc2C)cc(C#N)c1=O. The standard InChI is InChI=1S/C26H24FN3O5/c1-17-6-3-4-7-22(17)29-24(31)16-35-23-9-8-20(27)13-21(23)25(32)19-12-18(14-28)26(33)30(15-19)10-5-11-34-2/h3-4,6-9,12-13,15H,5,10-11,16H2,1-2H3,(H,29,31). The third kappa shape index (κ3) is 6.40. The number of anilines is 1. The van der Waals surface area contributed by atoms with Gasteiger partial charge >= 0.3 is 0 Å². The summed E-state index contributed by atoms with van der Waals surface area (Å²) in [6.07, 6.45) is 1.81. The highest BCUT2D eigenvalue weighted by molar-refractivity contribution is 6.10. The van der Waals surface area contributed by atoms with E-state index in [1.165, 1.54) is 23.9 Å². The number of hydrogen-bond donors (Lipinski definition) is 1. The lowest BCUT2D eigenvalue weighted by Crippen LogP contribution is -2.25. The Balaban J connectivity index is 1.85. The van der Waals surface area contributed by atoms with Gasteiger partial charge in [0.2, 0.25) is 0 Å². The van der Waals surface area contributed by atoms with Crippen LogP contribution < -0.4 is 15.6 Å². The molecule has 3 aromatic rings. The summed E-state index contributed by atoms with van der Waals surface area (Å²) < 4.78 is 25.8. The molecule has 1 aromatic heterocycles. The quantitative estimate of drug-likeness (QED) is 0.354. The van der Waals surface area contributed by atoms with Crippen molar-refractivity contribution in [3.05, 3.63) is 93.2 Å². The molecule has 2 aromatic carbocycles. The van der Waals surface area contributed by atoms with Crippen molar-refractivity contribution >= 4 is 17.4 Å². The van der Waals surface area contributed by atoms with Crippen LogP contribution in [0.2, 0.25) is 0 Å². The minimum Gasteiger partial charge on any atom is -0.483 e. The highest BCUT2D eigenvalue weighted by Gasteiger charge is 2.20. The third-order valence-electron chi connectivity index (χ3n) is 5.18. The van der Waals surface area contributed by atoms with Gasteiger partial charge in [-0.3, -0.25) is 14.4 Å². The van der Waals surface area contributed by atoms with E-state index in [2.05, 4.69) is 5.32 Å². The Morgan fingerprint density at radius 3 is 2.66 bits per heavy atom. The van der Waals surface area contributed by atoms with Crippen LogP contribution >= 0.6 is 0 Å². The lowest BCUT2D eigenvalue weighted by atomic mass is 10.0. The zero-order valence-electron chi connectivity index (χ0n) is 19.3. The van der Waals surface area contributed by atoms with Gasteiger partial charge in [0.15, 0.2) is 12.4 Å². The number of hydrogen-bond acceptors (Lipinski definition) is 6. The lowest BCUT2D eigenvalue weighted by molar-refractivity contribution is -0.118. The molecular formula is C26H24FN3O5. The summed E-state index contributed by atoms with van der Waals surface area (Å²) in [6, 6.07) is 13.5. The average Bonchev–Trinajstić information content (AvgIpc) is 2.85. The molecule has 1 amide bonds.